The van der Waals surface area contributed by atoms with E-state index in [4.69, 9.17) is 0 Å². The van der Waals surface area contributed by atoms with Crippen molar-refractivity contribution in [3.8, 4) is 0 Å². The summed E-state index contributed by atoms with van der Waals surface area (Å²) in [6.45, 7) is 1.84. The van der Waals surface area contributed by atoms with Gasteiger partial charge in [0.25, 0.3) is 0 Å². The van der Waals surface area contributed by atoms with Crippen molar-refractivity contribution in [2.45, 2.75) is 19.4 Å². The molecule has 1 atom stereocenters. The number of sulfone groups is 1. The number of nitrogens with zero attached hydrogens (tertiary/aromatic N) is 1. The Kier molecular flexibility index (Phi) is 3.90. The van der Waals surface area contributed by atoms with Crippen LogP contribution in [0.25, 0.3) is 0 Å². The van der Waals surface area contributed by atoms with Crippen LogP contribution in [0, 0.1) is 0 Å². The Hall–Kier alpha value is -1.11. The van der Waals surface area contributed by atoms with E-state index in [1.165, 1.54) is 4.90 Å². The predicted octanol–water partition coefficient (Wildman–Crippen LogP) is -1.23. The van der Waals surface area contributed by atoms with Crippen molar-refractivity contribution >= 4 is 21.7 Å². The lowest BCUT2D eigenvalue weighted by molar-refractivity contribution is -0.131. The molecule has 6 nitrogen and oxygen atoms in total. The maximum atomic E-state index is 11.6. The van der Waals surface area contributed by atoms with E-state index >= 15 is 0 Å². The first-order valence-electron chi connectivity index (χ1n) is 5.03. The van der Waals surface area contributed by atoms with E-state index in [9.17, 15) is 18.0 Å². The minimum Gasteiger partial charge on any atom is -0.347 e. The van der Waals surface area contributed by atoms with Crippen LogP contribution in [-0.2, 0) is 19.4 Å². The summed E-state index contributed by atoms with van der Waals surface area (Å²) in [6.07, 6.45) is 1.35. The van der Waals surface area contributed by atoms with Crippen LogP contribution in [0.2, 0.25) is 0 Å². The van der Waals surface area contributed by atoms with Gasteiger partial charge in [-0.15, -0.1) is 0 Å². The van der Waals surface area contributed by atoms with E-state index in [0.717, 1.165) is 6.26 Å². The molecule has 0 aromatic rings. The van der Waals surface area contributed by atoms with Crippen LogP contribution in [-0.4, -0.2) is 56.3 Å². The van der Waals surface area contributed by atoms with Gasteiger partial charge in [0.15, 0.2) is 0 Å². The van der Waals surface area contributed by atoms with E-state index < -0.39 is 9.84 Å². The molecular weight excluding hydrogens is 232 g/mol. The molecule has 1 aliphatic heterocycles. The molecule has 16 heavy (non-hydrogen) atoms. The van der Waals surface area contributed by atoms with Crippen LogP contribution in [0.4, 0.5) is 0 Å². The smallest absolute Gasteiger partial charge is 0.242 e. The summed E-state index contributed by atoms with van der Waals surface area (Å²) < 4.78 is 22.0. The van der Waals surface area contributed by atoms with Crippen molar-refractivity contribution in [3.05, 3.63) is 0 Å². The van der Waals surface area contributed by atoms with Crippen molar-refractivity contribution < 1.29 is 18.0 Å². The zero-order valence-electron chi connectivity index (χ0n) is 9.39. The fourth-order valence-corrected chi connectivity index (χ4v) is 2.11. The van der Waals surface area contributed by atoms with Gasteiger partial charge < -0.3 is 10.2 Å². The van der Waals surface area contributed by atoms with Gasteiger partial charge in [-0.2, -0.15) is 0 Å². The Bertz CT molecular complexity index is 390. The highest BCUT2D eigenvalue weighted by atomic mass is 32.2. The third-order valence-corrected chi connectivity index (χ3v) is 3.40. The highest BCUT2D eigenvalue weighted by Gasteiger charge is 2.26. The zero-order valence-corrected chi connectivity index (χ0v) is 10.2. The average Bonchev–Trinajstić information content (AvgIpc) is 2.23. The third-order valence-electron chi connectivity index (χ3n) is 2.47. The van der Waals surface area contributed by atoms with Gasteiger partial charge in [0.2, 0.25) is 11.8 Å². The Morgan fingerprint density at radius 1 is 1.44 bits per heavy atom. The van der Waals surface area contributed by atoms with E-state index in [-0.39, 0.29) is 43.1 Å². The molecule has 1 rings (SSSR count). The normalized spacial score (nSPS) is 22.9. The van der Waals surface area contributed by atoms with E-state index in [1.54, 1.807) is 6.92 Å². The SMILES string of the molecule is CC1CC(=O)NCC(=O)N1CCS(C)(=O)=O. The topological polar surface area (TPSA) is 83.6 Å². The lowest BCUT2D eigenvalue weighted by Crippen LogP contribution is -2.42. The average molecular weight is 248 g/mol. The number of hydrogen-bond acceptors (Lipinski definition) is 4. The monoisotopic (exact) mass is 248 g/mol. The fourth-order valence-electron chi connectivity index (χ4n) is 1.58. The Morgan fingerprint density at radius 2 is 2.06 bits per heavy atom. The summed E-state index contributed by atoms with van der Waals surface area (Å²) in [5.74, 6) is -0.484. The summed E-state index contributed by atoms with van der Waals surface area (Å²) in [4.78, 5) is 24.2. The second kappa shape index (κ2) is 4.82. The molecule has 0 bridgehead atoms. The van der Waals surface area contributed by atoms with Gasteiger partial charge in [-0.1, -0.05) is 0 Å². The van der Waals surface area contributed by atoms with Crippen LogP contribution < -0.4 is 5.32 Å². The van der Waals surface area contributed by atoms with Crippen LogP contribution in [0.1, 0.15) is 13.3 Å². The standard InChI is InChI=1S/C9H16N2O4S/c1-7-5-8(12)10-6-9(13)11(7)3-4-16(2,14)15/h7H,3-6H2,1-2H3,(H,10,12). The molecule has 1 saturated heterocycles. The number of amides is 2. The van der Waals surface area contributed by atoms with E-state index in [1.807, 2.05) is 0 Å². The molecule has 1 unspecified atom stereocenters. The number of hydrogen-bond donors (Lipinski definition) is 1. The lowest BCUT2D eigenvalue weighted by Gasteiger charge is -2.25. The lowest BCUT2D eigenvalue weighted by atomic mass is 10.2. The molecule has 1 aliphatic rings. The first-order valence-corrected chi connectivity index (χ1v) is 7.09. The Morgan fingerprint density at radius 3 is 2.62 bits per heavy atom. The Labute approximate surface area is 94.9 Å². The predicted molar refractivity (Wildman–Crippen MR) is 58.5 cm³/mol. The molecule has 0 saturated carbocycles. The third kappa shape index (κ3) is 3.80. The van der Waals surface area contributed by atoms with Crippen molar-refractivity contribution in [3.63, 3.8) is 0 Å². The molecule has 1 heterocycles. The van der Waals surface area contributed by atoms with Crippen LogP contribution in [0.15, 0.2) is 0 Å². The molecule has 92 valence electrons. The quantitative estimate of drug-likeness (QED) is 0.677. The fraction of sp³-hybridized carbons (Fsp3) is 0.778. The number of carbonyl (C=O) groups excluding carboxylic acids is 2. The van der Waals surface area contributed by atoms with Crippen LogP contribution >= 0.6 is 0 Å². The Balaban J connectivity index is 2.68. The second-order valence-corrected chi connectivity index (χ2v) is 6.31. The molecule has 0 spiro atoms. The van der Waals surface area contributed by atoms with Crippen molar-refractivity contribution in [2.24, 2.45) is 0 Å². The summed E-state index contributed by atoms with van der Waals surface area (Å²) in [6, 6.07) is -0.253. The number of rotatable bonds is 3. The van der Waals surface area contributed by atoms with Gasteiger partial charge in [0, 0.05) is 25.3 Å². The first kappa shape index (κ1) is 13.0. The van der Waals surface area contributed by atoms with Gasteiger partial charge in [-0.25, -0.2) is 8.42 Å². The van der Waals surface area contributed by atoms with Gasteiger partial charge in [0.1, 0.15) is 9.84 Å². The van der Waals surface area contributed by atoms with Gasteiger partial charge in [-0.3, -0.25) is 9.59 Å². The summed E-state index contributed by atoms with van der Waals surface area (Å²) >= 11 is 0. The molecule has 0 aromatic carbocycles. The zero-order chi connectivity index (χ0) is 12.3. The maximum Gasteiger partial charge on any atom is 0.242 e. The number of carbonyl (C=O) groups is 2. The molecule has 1 N–H and O–H groups in total. The summed E-state index contributed by atoms with van der Waals surface area (Å²) in [7, 11) is -3.10. The minimum absolute atomic E-state index is 0.0487. The minimum atomic E-state index is -3.10. The first-order chi connectivity index (χ1) is 7.29. The second-order valence-electron chi connectivity index (χ2n) is 4.05. The van der Waals surface area contributed by atoms with Crippen LogP contribution in [0.3, 0.4) is 0 Å². The highest BCUT2D eigenvalue weighted by Crippen LogP contribution is 2.08. The largest absolute Gasteiger partial charge is 0.347 e. The molecule has 0 aromatic heterocycles. The molecule has 0 radical (unpaired) electrons. The molecule has 0 aliphatic carbocycles. The highest BCUT2D eigenvalue weighted by molar-refractivity contribution is 7.90. The van der Waals surface area contributed by atoms with Crippen LogP contribution in [0.5, 0.6) is 0 Å². The van der Waals surface area contributed by atoms with Crippen molar-refractivity contribution in [2.75, 3.05) is 25.1 Å². The molecular formula is C9H16N2O4S. The summed E-state index contributed by atoms with van der Waals surface area (Å²) in [5, 5.41) is 2.47. The molecule has 2 amide bonds. The molecule has 1 fully saturated rings. The van der Waals surface area contributed by atoms with Crippen molar-refractivity contribution in [1.82, 2.24) is 10.2 Å². The van der Waals surface area contributed by atoms with Gasteiger partial charge in [-0.05, 0) is 6.92 Å². The maximum absolute atomic E-state index is 11.6. The van der Waals surface area contributed by atoms with E-state index in [2.05, 4.69) is 5.32 Å². The van der Waals surface area contributed by atoms with E-state index in [0.29, 0.717) is 0 Å². The van der Waals surface area contributed by atoms with Gasteiger partial charge in [0.05, 0.1) is 12.3 Å². The number of nitrogens with one attached hydrogen (secondary N) is 1. The summed E-state index contributed by atoms with van der Waals surface area (Å²) in [5.41, 5.74) is 0. The van der Waals surface area contributed by atoms with Crippen molar-refractivity contribution in [1.29, 1.82) is 0 Å². The van der Waals surface area contributed by atoms with Gasteiger partial charge >= 0.3 is 0 Å². The molecule has 7 heteroatoms.